The molecule has 3 rings (SSSR count). The van der Waals surface area contributed by atoms with Gasteiger partial charge >= 0.3 is 0 Å². The Morgan fingerprint density at radius 2 is 1.88 bits per heavy atom. The van der Waals surface area contributed by atoms with Crippen LogP contribution in [0.1, 0.15) is 53.0 Å². The van der Waals surface area contributed by atoms with Gasteiger partial charge in [-0.25, -0.2) is 0 Å². The topological polar surface area (TPSA) is 49.4 Å². The van der Waals surface area contributed by atoms with Crippen molar-refractivity contribution in [1.82, 2.24) is 4.90 Å². The summed E-state index contributed by atoms with van der Waals surface area (Å²) in [6.07, 6.45) is 3.06. The van der Waals surface area contributed by atoms with E-state index in [1.54, 1.807) is 24.3 Å². The summed E-state index contributed by atoms with van der Waals surface area (Å²) in [5, 5.41) is 2.97. The summed E-state index contributed by atoms with van der Waals surface area (Å²) in [6, 6.07) is 14.8. The summed E-state index contributed by atoms with van der Waals surface area (Å²) >= 11 is 0. The van der Waals surface area contributed by atoms with Crippen LogP contribution in [0.2, 0.25) is 0 Å². The lowest BCUT2D eigenvalue weighted by Crippen LogP contribution is -2.39. The number of piperidine rings is 1. The third-order valence-corrected chi connectivity index (χ3v) is 4.96. The second-order valence-corrected chi connectivity index (χ2v) is 7.04. The maximum atomic E-state index is 12.8. The number of benzene rings is 2. The number of nitrogens with zero attached hydrogens (tertiary/aromatic N) is 1. The molecule has 1 atom stereocenters. The first-order chi connectivity index (χ1) is 12.6. The van der Waals surface area contributed by atoms with Crippen molar-refractivity contribution >= 4 is 17.5 Å². The lowest BCUT2D eigenvalue weighted by molar-refractivity contribution is 0.0683. The lowest BCUT2D eigenvalue weighted by atomic mass is 9.99. The van der Waals surface area contributed by atoms with E-state index in [9.17, 15) is 9.59 Å². The van der Waals surface area contributed by atoms with E-state index in [4.69, 9.17) is 0 Å². The summed E-state index contributed by atoms with van der Waals surface area (Å²) in [7, 11) is 0. The molecular formula is C22H26N2O2. The van der Waals surface area contributed by atoms with E-state index in [-0.39, 0.29) is 11.8 Å². The number of carbonyl (C=O) groups is 2. The number of likely N-dealkylation sites (tertiary alicyclic amines) is 1. The average molecular weight is 350 g/mol. The van der Waals surface area contributed by atoms with Crippen molar-refractivity contribution in [2.75, 3.05) is 18.4 Å². The van der Waals surface area contributed by atoms with Gasteiger partial charge in [0.2, 0.25) is 0 Å². The van der Waals surface area contributed by atoms with Crippen LogP contribution in [0, 0.1) is 5.92 Å². The first kappa shape index (κ1) is 18.2. The highest BCUT2D eigenvalue weighted by Gasteiger charge is 2.22. The van der Waals surface area contributed by atoms with Crippen LogP contribution in [-0.4, -0.2) is 29.8 Å². The number of hydrogen-bond acceptors (Lipinski definition) is 2. The smallest absolute Gasteiger partial charge is 0.255 e. The van der Waals surface area contributed by atoms with Gasteiger partial charge < -0.3 is 10.2 Å². The number of amides is 2. The molecule has 1 saturated heterocycles. The predicted molar refractivity (Wildman–Crippen MR) is 105 cm³/mol. The molecule has 4 nitrogen and oxygen atoms in total. The van der Waals surface area contributed by atoms with Gasteiger partial charge in [0.1, 0.15) is 0 Å². The van der Waals surface area contributed by atoms with Crippen LogP contribution in [0.3, 0.4) is 0 Å². The van der Waals surface area contributed by atoms with Crippen LogP contribution < -0.4 is 5.32 Å². The van der Waals surface area contributed by atoms with E-state index in [2.05, 4.69) is 19.2 Å². The quantitative estimate of drug-likeness (QED) is 0.890. The second-order valence-electron chi connectivity index (χ2n) is 7.04. The normalized spacial score (nSPS) is 17.0. The Morgan fingerprint density at radius 1 is 1.12 bits per heavy atom. The van der Waals surface area contributed by atoms with Gasteiger partial charge in [0.05, 0.1) is 0 Å². The minimum Gasteiger partial charge on any atom is -0.338 e. The molecule has 0 aromatic heterocycles. The monoisotopic (exact) mass is 350 g/mol. The van der Waals surface area contributed by atoms with Gasteiger partial charge in [-0.3, -0.25) is 9.59 Å². The zero-order chi connectivity index (χ0) is 18.5. The van der Waals surface area contributed by atoms with Gasteiger partial charge in [-0.1, -0.05) is 38.1 Å². The Kier molecular flexibility index (Phi) is 5.71. The average Bonchev–Trinajstić information content (AvgIpc) is 2.68. The molecule has 0 spiro atoms. The number of carbonyl (C=O) groups excluding carboxylic acids is 2. The van der Waals surface area contributed by atoms with Gasteiger partial charge in [-0.05, 0) is 55.0 Å². The summed E-state index contributed by atoms with van der Waals surface area (Å²) < 4.78 is 0. The van der Waals surface area contributed by atoms with E-state index in [0.29, 0.717) is 17.0 Å². The molecule has 2 aromatic rings. The molecule has 0 bridgehead atoms. The Morgan fingerprint density at radius 3 is 2.65 bits per heavy atom. The Labute approximate surface area is 155 Å². The molecule has 0 radical (unpaired) electrons. The van der Waals surface area contributed by atoms with E-state index in [0.717, 1.165) is 37.2 Å². The summed E-state index contributed by atoms with van der Waals surface area (Å²) in [5.74, 6) is 0.359. The zero-order valence-electron chi connectivity index (χ0n) is 15.5. The fraction of sp³-hybridized carbons (Fsp3) is 0.364. The van der Waals surface area contributed by atoms with Crippen molar-refractivity contribution in [2.24, 2.45) is 5.92 Å². The summed E-state index contributed by atoms with van der Waals surface area (Å²) in [6.45, 7) is 5.82. The largest absolute Gasteiger partial charge is 0.338 e. The maximum absolute atomic E-state index is 12.8. The SMILES string of the molecule is CCc1ccccc1NC(=O)c1cccc(C(=O)N2CCCC(C)C2)c1. The standard InChI is InChI=1S/C22H26N2O2/c1-3-17-9-4-5-12-20(17)23-21(25)18-10-6-11-19(14-18)22(26)24-13-7-8-16(2)15-24/h4-6,9-12,14,16H,3,7-8,13,15H2,1-2H3,(H,23,25). The number of anilines is 1. The lowest BCUT2D eigenvalue weighted by Gasteiger charge is -2.31. The van der Waals surface area contributed by atoms with Gasteiger partial charge in [-0.2, -0.15) is 0 Å². The fourth-order valence-corrected chi connectivity index (χ4v) is 3.49. The molecule has 1 aliphatic rings. The summed E-state index contributed by atoms with van der Waals surface area (Å²) in [4.78, 5) is 27.3. The molecule has 1 unspecified atom stereocenters. The highest BCUT2D eigenvalue weighted by Crippen LogP contribution is 2.20. The minimum absolute atomic E-state index is 0.0140. The van der Waals surface area contributed by atoms with Crippen molar-refractivity contribution < 1.29 is 9.59 Å². The molecule has 1 N–H and O–H groups in total. The Bertz CT molecular complexity index is 800. The molecular weight excluding hydrogens is 324 g/mol. The van der Waals surface area contributed by atoms with E-state index < -0.39 is 0 Å². The van der Waals surface area contributed by atoms with Gasteiger partial charge in [0, 0.05) is 29.9 Å². The number of aryl methyl sites for hydroxylation is 1. The van der Waals surface area contributed by atoms with E-state index >= 15 is 0 Å². The van der Waals surface area contributed by atoms with Crippen molar-refractivity contribution in [3.8, 4) is 0 Å². The molecule has 2 aromatic carbocycles. The molecule has 2 amide bonds. The van der Waals surface area contributed by atoms with Crippen LogP contribution in [0.15, 0.2) is 48.5 Å². The number of para-hydroxylation sites is 1. The molecule has 26 heavy (non-hydrogen) atoms. The molecule has 0 saturated carbocycles. The Balaban J connectivity index is 1.76. The number of hydrogen-bond donors (Lipinski definition) is 1. The third-order valence-electron chi connectivity index (χ3n) is 4.96. The second kappa shape index (κ2) is 8.17. The zero-order valence-corrected chi connectivity index (χ0v) is 15.5. The first-order valence-corrected chi connectivity index (χ1v) is 9.37. The molecule has 136 valence electrons. The van der Waals surface area contributed by atoms with Crippen LogP contribution in [-0.2, 0) is 6.42 Å². The molecule has 4 heteroatoms. The van der Waals surface area contributed by atoms with Crippen LogP contribution >= 0.6 is 0 Å². The molecule has 0 aliphatic carbocycles. The van der Waals surface area contributed by atoms with Crippen molar-refractivity contribution in [3.05, 3.63) is 65.2 Å². The van der Waals surface area contributed by atoms with E-state index in [1.165, 1.54) is 6.42 Å². The van der Waals surface area contributed by atoms with Crippen LogP contribution in [0.25, 0.3) is 0 Å². The van der Waals surface area contributed by atoms with Crippen molar-refractivity contribution in [1.29, 1.82) is 0 Å². The highest BCUT2D eigenvalue weighted by molar-refractivity contribution is 6.06. The number of rotatable bonds is 4. The highest BCUT2D eigenvalue weighted by atomic mass is 16.2. The van der Waals surface area contributed by atoms with Crippen molar-refractivity contribution in [3.63, 3.8) is 0 Å². The first-order valence-electron chi connectivity index (χ1n) is 9.37. The molecule has 1 heterocycles. The number of nitrogens with one attached hydrogen (secondary N) is 1. The molecule has 1 aliphatic heterocycles. The van der Waals surface area contributed by atoms with Crippen LogP contribution in [0.5, 0.6) is 0 Å². The van der Waals surface area contributed by atoms with Crippen molar-refractivity contribution in [2.45, 2.75) is 33.1 Å². The van der Waals surface area contributed by atoms with E-state index in [1.807, 2.05) is 29.2 Å². The fourth-order valence-electron chi connectivity index (χ4n) is 3.49. The third kappa shape index (κ3) is 4.13. The van der Waals surface area contributed by atoms with Crippen LogP contribution in [0.4, 0.5) is 5.69 Å². The van der Waals surface area contributed by atoms with Gasteiger partial charge in [0.15, 0.2) is 0 Å². The Hall–Kier alpha value is -2.62. The van der Waals surface area contributed by atoms with Gasteiger partial charge in [0.25, 0.3) is 11.8 Å². The minimum atomic E-state index is -0.187. The van der Waals surface area contributed by atoms with Gasteiger partial charge in [-0.15, -0.1) is 0 Å². The summed E-state index contributed by atoms with van der Waals surface area (Å²) in [5.41, 5.74) is 3.00. The molecule has 1 fully saturated rings. The maximum Gasteiger partial charge on any atom is 0.255 e. The predicted octanol–water partition coefficient (Wildman–Crippen LogP) is 4.37.